The highest BCUT2D eigenvalue weighted by Crippen LogP contribution is 2.34. The molecule has 5 nitrogen and oxygen atoms in total. The molecule has 0 radical (unpaired) electrons. The van der Waals surface area contributed by atoms with Crippen LogP contribution in [-0.2, 0) is 6.42 Å². The molecule has 4 N–H and O–H groups in total. The lowest BCUT2D eigenvalue weighted by Gasteiger charge is -2.16. The van der Waals surface area contributed by atoms with Crippen molar-refractivity contribution < 1.29 is 9.18 Å². The summed E-state index contributed by atoms with van der Waals surface area (Å²) in [6, 6.07) is 10.3. The number of rotatable bonds is 3. The number of carbonyl (C=O) groups excluding carboxylic acids is 1. The van der Waals surface area contributed by atoms with Crippen LogP contribution in [-0.4, -0.2) is 23.3 Å². The van der Waals surface area contributed by atoms with Gasteiger partial charge in [-0.1, -0.05) is 6.07 Å². The number of primary amides is 1. The van der Waals surface area contributed by atoms with Gasteiger partial charge in [0.05, 0.1) is 12.2 Å². The summed E-state index contributed by atoms with van der Waals surface area (Å²) in [5.41, 5.74) is 11.0. The van der Waals surface area contributed by atoms with Crippen molar-refractivity contribution >= 4 is 28.3 Å². The molecule has 126 valence electrons. The number of carbonyl (C=O) groups is 1. The molecule has 0 bridgehead atoms. The van der Waals surface area contributed by atoms with Gasteiger partial charge in [0, 0.05) is 28.4 Å². The molecule has 1 aliphatic rings. The molecular weight excluding hydrogens is 319 g/mol. The topological polar surface area (TPSA) is 83.3 Å². The van der Waals surface area contributed by atoms with Crippen LogP contribution in [0.1, 0.15) is 12.0 Å². The minimum atomic E-state index is -0.542. The van der Waals surface area contributed by atoms with E-state index in [1.807, 2.05) is 18.3 Å². The van der Waals surface area contributed by atoms with Crippen LogP contribution < -0.4 is 11.1 Å². The first kappa shape index (κ1) is 15.4. The largest absolute Gasteiger partial charge is 0.360 e. The summed E-state index contributed by atoms with van der Waals surface area (Å²) in [4.78, 5) is 18.5. The molecule has 0 saturated carbocycles. The summed E-state index contributed by atoms with van der Waals surface area (Å²) in [6.45, 7) is 0.380. The van der Waals surface area contributed by atoms with Gasteiger partial charge in [-0.3, -0.25) is 4.99 Å². The quantitative estimate of drug-likeness (QED) is 0.670. The number of nitrogens with zero attached hydrogens (tertiary/aromatic N) is 1. The molecule has 25 heavy (non-hydrogen) atoms. The first-order valence-corrected chi connectivity index (χ1v) is 8.10. The number of amides is 2. The molecule has 0 atom stereocenters. The Hall–Kier alpha value is -3.15. The third kappa shape index (κ3) is 2.98. The Labute approximate surface area is 143 Å². The van der Waals surface area contributed by atoms with E-state index in [1.54, 1.807) is 6.07 Å². The first-order chi connectivity index (χ1) is 12.1. The molecular formula is C19H17FN4O. The lowest BCUT2D eigenvalue weighted by Crippen LogP contribution is -2.34. The van der Waals surface area contributed by atoms with Crippen LogP contribution in [0.3, 0.4) is 0 Å². The van der Waals surface area contributed by atoms with Gasteiger partial charge in [-0.15, -0.1) is 0 Å². The van der Waals surface area contributed by atoms with Crippen LogP contribution in [0.2, 0.25) is 0 Å². The van der Waals surface area contributed by atoms with Crippen molar-refractivity contribution in [2.45, 2.75) is 12.8 Å². The molecule has 0 saturated heterocycles. The van der Waals surface area contributed by atoms with Gasteiger partial charge < -0.3 is 16.0 Å². The van der Waals surface area contributed by atoms with E-state index in [1.165, 1.54) is 12.1 Å². The van der Waals surface area contributed by atoms with E-state index in [0.29, 0.717) is 6.54 Å². The number of hydrogen-bond acceptors (Lipinski definition) is 2. The van der Waals surface area contributed by atoms with Crippen LogP contribution in [0.5, 0.6) is 0 Å². The maximum absolute atomic E-state index is 13.4. The van der Waals surface area contributed by atoms with Gasteiger partial charge in [-0.25, -0.2) is 9.18 Å². The summed E-state index contributed by atoms with van der Waals surface area (Å²) in [5.74, 6) is -0.252. The zero-order chi connectivity index (χ0) is 17.4. The number of aliphatic imine (C=N–C) groups is 1. The van der Waals surface area contributed by atoms with Gasteiger partial charge in [0.25, 0.3) is 0 Å². The zero-order valence-electron chi connectivity index (χ0n) is 13.5. The second kappa shape index (κ2) is 6.05. The van der Waals surface area contributed by atoms with Crippen LogP contribution in [0.4, 0.5) is 14.9 Å². The predicted molar refractivity (Wildman–Crippen MR) is 96.7 cm³/mol. The summed E-state index contributed by atoms with van der Waals surface area (Å²) < 4.78 is 13.4. The molecule has 4 rings (SSSR count). The molecule has 2 heterocycles. The van der Waals surface area contributed by atoms with Gasteiger partial charge in [-0.2, -0.15) is 0 Å². The van der Waals surface area contributed by atoms with E-state index < -0.39 is 6.03 Å². The number of hydrogen-bond donors (Lipinski definition) is 3. The van der Waals surface area contributed by atoms with Crippen molar-refractivity contribution in [3.63, 3.8) is 0 Å². The minimum absolute atomic E-state index is 0.252. The number of halogens is 1. The van der Waals surface area contributed by atoms with Crippen molar-refractivity contribution in [2.24, 2.45) is 10.7 Å². The van der Waals surface area contributed by atoms with Crippen molar-refractivity contribution in [3.05, 3.63) is 54.0 Å². The van der Waals surface area contributed by atoms with Gasteiger partial charge in [0.15, 0.2) is 0 Å². The average Bonchev–Trinajstić information content (AvgIpc) is 3.02. The van der Waals surface area contributed by atoms with E-state index in [4.69, 9.17) is 5.73 Å². The normalized spacial score (nSPS) is 13.4. The van der Waals surface area contributed by atoms with E-state index in [0.717, 1.165) is 51.8 Å². The van der Waals surface area contributed by atoms with Crippen LogP contribution in [0.15, 0.2) is 47.6 Å². The first-order valence-electron chi connectivity index (χ1n) is 8.10. The molecule has 2 aromatic carbocycles. The van der Waals surface area contributed by atoms with E-state index in [-0.39, 0.29) is 5.82 Å². The summed E-state index contributed by atoms with van der Waals surface area (Å²) >= 11 is 0. The number of nitrogens with one attached hydrogen (secondary N) is 2. The highest BCUT2D eigenvalue weighted by Gasteiger charge is 2.15. The number of benzene rings is 2. The Bertz CT molecular complexity index is 1010. The Morgan fingerprint density at radius 3 is 2.96 bits per heavy atom. The van der Waals surface area contributed by atoms with Gasteiger partial charge in [0.1, 0.15) is 5.82 Å². The summed E-state index contributed by atoms with van der Waals surface area (Å²) in [7, 11) is 0. The molecule has 2 amide bonds. The van der Waals surface area contributed by atoms with E-state index in [9.17, 15) is 9.18 Å². The monoisotopic (exact) mass is 336 g/mol. The maximum atomic E-state index is 13.4. The van der Waals surface area contributed by atoms with Gasteiger partial charge in [-0.05, 0) is 54.3 Å². The predicted octanol–water partition coefficient (Wildman–Crippen LogP) is 3.66. The highest BCUT2D eigenvalue weighted by atomic mass is 19.1. The number of nitrogens with two attached hydrogens (primary N) is 1. The Morgan fingerprint density at radius 1 is 1.24 bits per heavy atom. The number of aryl methyl sites for hydroxylation is 1. The number of urea groups is 1. The Kier molecular flexibility index (Phi) is 3.72. The fraction of sp³-hybridized carbons (Fsp3) is 0.158. The van der Waals surface area contributed by atoms with E-state index in [2.05, 4.69) is 21.4 Å². The maximum Gasteiger partial charge on any atom is 0.312 e. The van der Waals surface area contributed by atoms with Crippen molar-refractivity contribution in [3.8, 4) is 11.1 Å². The summed E-state index contributed by atoms with van der Waals surface area (Å²) in [6.07, 6.45) is 3.55. The van der Waals surface area contributed by atoms with Crippen LogP contribution >= 0.6 is 0 Å². The Morgan fingerprint density at radius 2 is 2.12 bits per heavy atom. The number of aromatic nitrogens is 1. The second-order valence-electron chi connectivity index (χ2n) is 6.13. The van der Waals surface area contributed by atoms with Crippen LogP contribution in [0.25, 0.3) is 22.0 Å². The fourth-order valence-corrected chi connectivity index (χ4v) is 3.22. The van der Waals surface area contributed by atoms with Crippen molar-refractivity contribution in [1.82, 2.24) is 10.3 Å². The van der Waals surface area contributed by atoms with Crippen LogP contribution in [0, 0.1) is 5.82 Å². The van der Waals surface area contributed by atoms with Crippen molar-refractivity contribution in [1.29, 1.82) is 0 Å². The molecule has 1 aromatic heterocycles. The second-order valence-corrected chi connectivity index (χ2v) is 6.13. The van der Waals surface area contributed by atoms with E-state index >= 15 is 0 Å². The standard InChI is InChI=1S/C19H17FN4O/c20-13-3-5-15-16(10-22-18(15)8-13)11-2-6-17-12(7-11)1-4-14(24-17)9-23-19(21)25/h2-3,5-8,10,22H,1,4,9H2,(H3,21,23,25). The summed E-state index contributed by atoms with van der Waals surface area (Å²) in [5, 5.41) is 3.57. The smallest absolute Gasteiger partial charge is 0.312 e. The van der Waals surface area contributed by atoms with Gasteiger partial charge >= 0.3 is 6.03 Å². The highest BCUT2D eigenvalue weighted by molar-refractivity contribution is 5.97. The van der Waals surface area contributed by atoms with Crippen molar-refractivity contribution in [2.75, 3.05) is 6.54 Å². The third-order valence-electron chi connectivity index (χ3n) is 4.46. The van der Waals surface area contributed by atoms with Gasteiger partial charge in [0.2, 0.25) is 0 Å². The lowest BCUT2D eigenvalue weighted by molar-refractivity contribution is 0.250. The number of aromatic amines is 1. The zero-order valence-corrected chi connectivity index (χ0v) is 13.5. The number of fused-ring (bicyclic) bond motifs is 2. The molecule has 6 heteroatoms. The molecule has 0 unspecified atom stereocenters. The number of H-pyrrole nitrogens is 1. The minimum Gasteiger partial charge on any atom is -0.360 e. The molecule has 3 aromatic rings. The SMILES string of the molecule is NC(=O)NCC1=Nc2ccc(-c3c[nH]c4cc(F)ccc34)cc2CC1. The lowest BCUT2D eigenvalue weighted by atomic mass is 9.96. The molecule has 1 aliphatic heterocycles. The Balaban J connectivity index is 1.67. The molecule has 0 spiro atoms. The average molecular weight is 336 g/mol. The fourth-order valence-electron chi connectivity index (χ4n) is 3.22. The molecule has 0 fully saturated rings. The molecule has 0 aliphatic carbocycles. The third-order valence-corrected chi connectivity index (χ3v) is 4.46.